The van der Waals surface area contributed by atoms with E-state index in [9.17, 15) is 4.39 Å². The van der Waals surface area contributed by atoms with E-state index in [1.165, 1.54) is 0 Å². The van der Waals surface area contributed by atoms with Crippen LogP contribution < -0.4 is 5.73 Å². The number of fused-ring (bicyclic) bond motifs is 1. The SMILES string of the molecule is NCC1(F)CCCCN2CCCC21. The monoisotopic (exact) mass is 186 g/mol. The van der Waals surface area contributed by atoms with Crippen molar-refractivity contribution in [2.45, 2.75) is 43.8 Å². The van der Waals surface area contributed by atoms with E-state index in [0.717, 1.165) is 38.8 Å². The van der Waals surface area contributed by atoms with Crippen molar-refractivity contribution < 1.29 is 4.39 Å². The molecular weight excluding hydrogens is 167 g/mol. The van der Waals surface area contributed by atoms with E-state index in [1.807, 2.05) is 0 Å². The van der Waals surface area contributed by atoms with Gasteiger partial charge < -0.3 is 5.73 Å². The van der Waals surface area contributed by atoms with Crippen LogP contribution in [0.4, 0.5) is 4.39 Å². The first-order valence-corrected chi connectivity index (χ1v) is 5.39. The molecule has 2 heterocycles. The lowest BCUT2D eigenvalue weighted by Gasteiger charge is -2.33. The molecule has 3 heteroatoms. The molecule has 2 saturated heterocycles. The van der Waals surface area contributed by atoms with Crippen LogP contribution in [-0.4, -0.2) is 36.2 Å². The van der Waals surface area contributed by atoms with Gasteiger partial charge in [0.2, 0.25) is 0 Å². The first-order valence-electron chi connectivity index (χ1n) is 5.39. The molecule has 0 radical (unpaired) electrons. The lowest BCUT2D eigenvalue weighted by Crippen LogP contribution is -2.49. The third-order valence-corrected chi connectivity index (χ3v) is 3.59. The molecule has 0 aromatic carbocycles. The average molecular weight is 186 g/mol. The molecule has 2 aliphatic rings. The summed E-state index contributed by atoms with van der Waals surface area (Å²) in [4.78, 5) is 2.31. The minimum absolute atomic E-state index is 0.125. The Balaban J connectivity index is 2.15. The average Bonchev–Trinajstić information content (AvgIpc) is 2.55. The van der Waals surface area contributed by atoms with Crippen LogP contribution >= 0.6 is 0 Å². The van der Waals surface area contributed by atoms with Crippen LogP contribution in [0.25, 0.3) is 0 Å². The quantitative estimate of drug-likeness (QED) is 0.669. The van der Waals surface area contributed by atoms with Gasteiger partial charge in [-0.05, 0) is 45.2 Å². The molecule has 2 atom stereocenters. The molecule has 0 aromatic rings. The predicted octanol–water partition coefficient (Wildman–Crippen LogP) is 1.30. The molecule has 2 rings (SSSR count). The zero-order valence-corrected chi connectivity index (χ0v) is 8.14. The number of halogens is 1. The molecule has 0 amide bonds. The molecule has 2 N–H and O–H groups in total. The smallest absolute Gasteiger partial charge is 0.138 e. The molecule has 2 nitrogen and oxygen atoms in total. The van der Waals surface area contributed by atoms with E-state index in [4.69, 9.17) is 5.73 Å². The fourth-order valence-electron chi connectivity index (χ4n) is 2.82. The lowest BCUT2D eigenvalue weighted by molar-refractivity contribution is 0.0619. The van der Waals surface area contributed by atoms with Crippen LogP contribution in [0.5, 0.6) is 0 Å². The second-order valence-corrected chi connectivity index (χ2v) is 4.39. The van der Waals surface area contributed by atoms with Crippen LogP contribution in [-0.2, 0) is 0 Å². The van der Waals surface area contributed by atoms with Gasteiger partial charge in [0, 0.05) is 12.6 Å². The first kappa shape index (κ1) is 9.41. The Kier molecular flexibility index (Phi) is 2.56. The van der Waals surface area contributed by atoms with Gasteiger partial charge in [-0.2, -0.15) is 0 Å². The number of nitrogens with two attached hydrogens (primary N) is 1. The van der Waals surface area contributed by atoms with Crippen molar-refractivity contribution in [3.05, 3.63) is 0 Å². The summed E-state index contributed by atoms with van der Waals surface area (Å²) in [5, 5.41) is 0. The van der Waals surface area contributed by atoms with Crippen molar-refractivity contribution in [3.8, 4) is 0 Å². The highest BCUT2D eigenvalue weighted by Crippen LogP contribution is 2.35. The first-order chi connectivity index (χ1) is 6.26. The minimum Gasteiger partial charge on any atom is -0.327 e. The second-order valence-electron chi connectivity index (χ2n) is 4.39. The molecule has 13 heavy (non-hydrogen) atoms. The van der Waals surface area contributed by atoms with E-state index in [0.29, 0.717) is 6.42 Å². The molecule has 2 unspecified atom stereocenters. The Bertz CT molecular complexity index is 186. The van der Waals surface area contributed by atoms with Crippen LogP contribution in [0, 0.1) is 0 Å². The maximum absolute atomic E-state index is 14.4. The summed E-state index contributed by atoms with van der Waals surface area (Å²) in [6, 6.07) is 0.125. The second kappa shape index (κ2) is 3.54. The molecule has 0 bridgehead atoms. The highest BCUT2D eigenvalue weighted by Gasteiger charge is 2.44. The summed E-state index contributed by atoms with van der Waals surface area (Å²) in [5.41, 5.74) is 4.47. The lowest BCUT2D eigenvalue weighted by atomic mass is 9.90. The number of alkyl halides is 1. The van der Waals surface area contributed by atoms with Gasteiger partial charge in [-0.15, -0.1) is 0 Å². The Morgan fingerprint density at radius 2 is 2.08 bits per heavy atom. The van der Waals surface area contributed by atoms with Crippen molar-refractivity contribution in [2.75, 3.05) is 19.6 Å². The molecule has 0 aromatic heterocycles. The van der Waals surface area contributed by atoms with E-state index < -0.39 is 5.67 Å². The predicted molar refractivity (Wildman–Crippen MR) is 51.3 cm³/mol. The largest absolute Gasteiger partial charge is 0.327 e. The molecule has 2 aliphatic heterocycles. The van der Waals surface area contributed by atoms with Crippen molar-refractivity contribution in [1.82, 2.24) is 4.90 Å². The fourth-order valence-corrected chi connectivity index (χ4v) is 2.82. The van der Waals surface area contributed by atoms with Crippen LogP contribution in [0.2, 0.25) is 0 Å². The Labute approximate surface area is 79.3 Å². The van der Waals surface area contributed by atoms with E-state index in [2.05, 4.69) is 4.90 Å². The minimum atomic E-state index is -1.09. The zero-order valence-electron chi connectivity index (χ0n) is 8.14. The summed E-state index contributed by atoms with van der Waals surface area (Å²) in [6.45, 7) is 2.36. The summed E-state index contributed by atoms with van der Waals surface area (Å²) in [7, 11) is 0. The van der Waals surface area contributed by atoms with Gasteiger partial charge in [0.1, 0.15) is 5.67 Å². The Morgan fingerprint density at radius 3 is 2.85 bits per heavy atom. The maximum Gasteiger partial charge on any atom is 0.138 e. The van der Waals surface area contributed by atoms with Crippen LogP contribution in [0.3, 0.4) is 0 Å². The van der Waals surface area contributed by atoms with Gasteiger partial charge in [0.25, 0.3) is 0 Å². The number of hydrogen-bond acceptors (Lipinski definition) is 2. The van der Waals surface area contributed by atoms with Gasteiger partial charge in [-0.25, -0.2) is 4.39 Å². The highest BCUT2D eigenvalue weighted by atomic mass is 19.1. The van der Waals surface area contributed by atoms with Crippen molar-refractivity contribution >= 4 is 0 Å². The normalized spacial score (nSPS) is 41.5. The molecule has 0 aliphatic carbocycles. The molecule has 2 fully saturated rings. The van der Waals surface area contributed by atoms with Gasteiger partial charge in [-0.1, -0.05) is 0 Å². The number of rotatable bonds is 1. The molecular formula is C10H19FN2. The zero-order chi connectivity index (χ0) is 9.31. The summed E-state index contributed by atoms with van der Waals surface area (Å²) in [6.07, 6.45) is 4.97. The van der Waals surface area contributed by atoms with Crippen LogP contribution in [0.1, 0.15) is 32.1 Å². The third-order valence-electron chi connectivity index (χ3n) is 3.59. The van der Waals surface area contributed by atoms with E-state index in [-0.39, 0.29) is 12.6 Å². The van der Waals surface area contributed by atoms with Crippen molar-refractivity contribution in [2.24, 2.45) is 5.73 Å². The highest BCUT2D eigenvalue weighted by molar-refractivity contribution is 4.99. The Hall–Kier alpha value is -0.150. The molecule has 0 saturated carbocycles. The fraction of sp³-hybridized carbons (Fsp3) is 1.00. The topological polar surface area (TPSA) is 29.3 Å². The van der Waals surface area contributed by atoms with E-state index in [1.54, 1.807) is 0 Å². The summed E-state index contributed by atoms with van der Waals surface area (Å²) in [5.74, 6) is 0. The molecule has 76 valence electrons. The molecule has 0 spiro atoms. The summed E-state index contributed by atoms with van der Waals surface area (Å²) >= 11 is 0. The number of hydrogen-bond donors (Lipinski definition) is 1. The van der Waals surface area contributed by atoms with Gasteiger partial charge in [0.15, 0.2) is 0 Å². The van der Waals surface area contributed by atoms with Gasteiger partial charge in [0.05, 0.1) is 0 Å². The maximum atomic E-state index is 14.4. The number of nitrogens with zero attached hydrogens (tertiary/aromatic N) is 1. The van der Waals surface area contributed by atoms with Gasteiger partial charge >= 0.3 is 0 Å². The Morgan fingerprint density at radius 1 is 1.31 bits per heavy atom. The summed E-state index contributed by atoms with van der Waals surface area (Å²) < 4.78 is 14.4. The van der Waals surface area contributed by atoms with Crippen molar-refractivity contribution in [1.29, 1.82) is 0 Å². The van der Waals surface area contributed by atoms with Crippen molar-refractivity contribution in [3.63, 3.8) is 0 Å². The van der Waals surface area contributed by atoms with E-state index >= 15 is 0 Å². The third kappa shape index (κ3) is 1.59. The van der Waals surface area contributed by atoms with Gasteiger partial charge in [-0.3, -0.25) is 4.90 Å². The standard InChI is InChI=1S/C10H19FN2/c11-10(8-12)5-1-2-6-13-7-3-4-9(10)13/h9H,1-8,12H2. The van der Waals surface area contributed by atoms with Crippen LogP contribution in [0.15, 0.2) is 0 Å².